The molecule has 1 aromatic rings. The van der Waals surface area contributed by atoms with Crippen LogP contribution in [-0.4, -0.2) is 25.9 Å². The molecule has 16 heavy (non-hydrogen) atoms. The minimum Gasteiger partial charge on any atom is -0.369 e. The Labute approximate surface area is 92.0 Å². The van der Waals surface area contributed by atoms with Gasteiger partial charge in [0.25, 0.3) is 0 Å². The second kappa shape index (κ2) is 4.69. The molecule has 0 aliphatic heterocycles. The summed E-state index contributed by atoms with van der Waals surface area (Å²) in [5.74, 6) is -0.814. The van der Waals surface area contributed by atoms with E-state index in [-0.39, 0.29) is 10.6 Å². The highest BCUT2D eigenvalue weighted by Gasteiger charge is 2.19. The van der Waals surface area contributed by atoms with Crippen LogP contribution >= 0.6 is 0 Å². The van der Waals surface area contributed by atoms with Gasteiger partial charge in [-0.1, -0.05) is 0 Å². The molecule has 0 saturated carbocycles. The lowest BCUT2D eigenvalue weighted by Gasteiger charge is -2.05. The minimum atomic E-state index is -3.93. The van der Waals surface area contributed by atoms with E-state index in [1.54, 1.807) is 6.07 Å². The Morgan fingerprint density at radius 2 is 2.31 bits per heavy atom. The molecule has 7 nitrogen and oxygen atoms in total. The molecule has 0 aliphatic rings. The summed E-state index contributed by atoms with van der Waals surface area (Å²) >= 11 is 0. The van der Waals surface area contributed by atoms with Crippen LogP contribution in [0.15, 0.2) is 23.2 Å². The zero-order valence-electron chi connectivity index (χ0n) is 8.04. The number of nitrogens with two attached hydrogens (primary N) is 1. The lowest BCUT2D eigenvalue weighted by molar-refractivity contribution is -0.116. The van der Waals surface area contributed by atoms with Crippen molar-refractivity contribution in [2.75, 3.05) is 6.54 Å². The summed E-state index contributed by atoms with van der Waals surface area (Å²) in [6.45, 7) is -0.526. The maximum Gasteiger partial charge on any atom is 0.243 e. The highest BCUT2D eigenvalue weighted by molar-refractivity contribution is 7.89. The number of carbonyl (C=O) groups excluding carboxylic acids is 1. The molecule has 84 valence electrons. The molecule has 1 heterocycles. The van der Waals surface area contributed by atoms with Gasteiger partial charge in [0.05, 0.1) is 6.54 Å². The van der Waals surface area contributed by atoms with Gasteiger partial charge in [-0.15, -0.1) is 0 Å². The summed E-state index contributed by atoms with van der Waals surface area (Å²) < 4.78 is 25.2. The van der Waals surface area contributed by atoms with Crippen LogP contribution < -0.4 is 10.5 Å². The number of hydrogen-bond donors (Lipinski definition) is 2. The predicted molar refractivity (Wildman–Crippen MR) is 53.3 cm³/mol. The normalized spacial score (nSPS) is 10.7. The molecule has 0 atom stereocenters. The first-order valence-electron chi connectivity index (χ1n) is 4.10. The highest BCUT2D eigenvalue weighted by atomic mass is 32.2. The number of rotatable bonds is 4. The summed E-state index contributed by atoms with van der Waals surface area (Å²) in [6, 6.07) is 4.23. The number of pyridine rings is 1. The van der Waals surface area contributed by atoms with Crippen LogP contribution in [-0.2, 0) is 14.8 Å². The van der Waals surface area contributed by atoms with E-state index in [2.05, 4.69) is 4.98 Å². The van der Waals surface area contributed by atoms with Crippen LogP contribution in [0.25, 0.3) is 0 Å². The maximum absolute atomic E-state index is 11.6. The first-order chi connectivity index (χ1) is 7.47. The average molecular weight is 240 g/mol. The number of amides is 1. The molecule has 0 aliphatic carbocycles. The van der Waals surface area contributed by atoms with Gasteiger partial charge in [0, 0.05) is 6.20 Å². The lowest BCUT2D eigenvalue weighted by atomic mass is 10.4. The summed E-state index contributed by atoms with van der Waals surface area (Å²) in [5, 5.41) is 8.66. The number of nitrogens with one attached hydrogen (secondary N) is 1. The Morgan fingerprint density at radius 1 is 1.62 bits per heavy atom. The van der Waals surface area contributed by atoms with Gasteiger partial charge in [0.15, 0.2) is 5.69 Å². The zero-order chi connectivity index (χ0) is 12.2. The molecule has 0 spiro atoms. The molecule has 0 aromatic carbocycles. The van der Waals surface area contributed by atoms with E-state index in [0.717, 1.165) is 0 Å². The number of sulfonamides is 1. The van der Waals surface area contributed by atoms with Gasteiger partial charge in [-0.3, -0.25) is 4.79 Å². The van der Waals surface area contributed by atoms with Crippen LogP contribution in [0, 0.1) is 11.3 Å². The van der Waals surface area contributed by atoms with Crippen molar-refractivity contribution in [1.29, 1.82) is 5.26 Å². The van der Waals surface area contributed by atoms with Crippen molar-refractivity contribution in [3.8, 4) is 6.07 Å². The van der Waals surface area contributed by atoms with Crippen LogP contribution in [0.1, 0.15) is 5.69 Å². The number of hydrogen-bond acceptors (Lipinski definition) is 5. The largest absolute Gasteiger partial charge is 0.369 e. The predicted octanol–water partition coefficient (Wildman–Crippen LogP) is -1.28. The van der Waals surface area contributed by atoms with Gasteiger partial charge in [-0.05, 0) is 12.1 Å². The average Bonchev–Trinajstić information content (AvgIpc) is 2.26. The fraction of sp³-hybridized carbons (Fsp3) is 0.125. The zero-order valence-corrected chi connectivity index (χ0v) is 8.86. The quantitative estimate of drug-likeness (QED) is 0.677. The number of nitriles is 1. The van der Waals surface area contributed by atoms with Gasteiger partial charge in [-0.25, -0.2) is 18.1 Å². The Kier molecular flexibility index (Phi) is 3.55. The van der Waals surface area contributed by atoms with Crippen molar-refractivity contribution in [3.63, 3.8) is 0 Å². The van der Waals surface area contributed by atoms with Crippen molar-refractivity contribution < 1.29 is 13.2 Å². The molecular formula is C8H8N4O3S. The Hall–Kier alpha value is -1.98. The van der Waals surface area contributed by atoms with Gasteiger partial charge < -0.3 is 5.73 Å². The first-order valence-corrected chi connectivity index (χ1v) is 5.59. The number of aromatic nitrogens is 1. The first kappa shape index (κ1) is 12.1. The van der Waals surface area contributed by atoms with E-state index >= 15 is 0 Å². The summed E-state index contributed by atoms with van der Waals surface area (Å²) in [5.41, 5.74) is 4.57. The number of nitrogens with zero attached hydrogens (tertiary/aromatic N) is 2. The van der Waals surface area contributed by atoms with E-state index < -0.39 is 22.5 Å². The van der Waals surface area contributed by atoms with Crippen molar-refractivity contribution >= 4 is 15.9 Å². The molecule has 0 fully saturated rings. The number of primary amides is 1. The van der Waals surface area contributed by atoms with E-state index in [9.17, 15) is 13.2 Å². The Balaban J connectivity index is 3.08. The molecule has 1 amide bonds. The molecular weight excluding hydrogens is 232 g/mol. The highest BCUT2D eigenvalue weighted by Crippen LogP contribution is 2.10. The molecule has 1 aromatic heterocycles. The summed E-state index contributed by atoms with van der Waals surface area (Å²) in [7, 11) is -3.93. The molecule has 0 bridgehead atoms. The van der Waals surface area contributed by atoms with E-state index in [1.807, 2.05) is 4.72 Å². The monoisotopic (exact) mass is 240 g/mol. The molecule has 1 rings (SSSR count). The Morgan fingerprint density at radius 3 is 2.88 bits per heavy atom. The van der Waals surface area contributed by atoms with Crippen molar-refractivity contribution in [2.45, 2.75) is 4.90 Å². The summed E-state index contributed by atoms with van der Waals surface area (Å²) in [6.07, 6.45) is 1.30. The SMILES string of the molecule is N#Cc1ncccc1S(=O)(=O)NCC(N)=O. The minimum absolute atomic E-state index is 0.237. The smallest absolute Gasteiger partial charge is 0.243 e. The molecule has 3 N–H and O–H groups in total. The second-order valence-electron chi connectivity index (χ2n) is 2.75. The standard InChI is InChI=1S/C8H8N4O3S/c9-4-6-7(2-1-3-11-6)16(14,15)12-5-8(10)13/h1-3,12H,5H2,(H2,10,13). The summed E-state index contributed by atoms with van der Waals surface area (Å²) in [4.78, 5) is 13.8. The fourth-order valence-corrected chi connectivity index (χ4v) is 2.03. The van der Waals surface area contributed by atoms with Gasteiger partial charge >= 0.3 is 0 Å². The van der Waals surface area contributed by atoms with Crippen LogP contribution in [0.2, 0.25) is 0 Å². The van der Waals surface area contributed by atoms with E-state index in [0.29, 0.717) is 0 Å². The van der Waals surface area contributed by atoms with Crippen molar-refractivity contribution in [3.05, 3.63) is 24.0 Å². The van der Waals surface area contributed by atoms with Gasteiger partial charge in [0.2, 0.25) is 15.9 Å². The lowest BCUT2D eigenvalue weighted by Crippen LogP contribution is -2.33. The third-order valence-corrected chi connectivity index (χ3v) is 3.04. The topological polar surface area (TPSA) is 126 Å². The number of carbonyl (C=O) groups is 1. The molecule has 8 heteroatoms. The molecule has 0 radical (unpaired) electrons. The van der Waals surface area contributed by atoms with E-state index in [4.69, 9.17) is 11.0 Å². The molecule has 0 saturated heterocycles. The fourth-order valence-electron chi connectivity index (χ4n) is 0.935. The molecule has 0 unspecified atom stereocenters. The maximum atomic E-state index is 11.6. The van der Waals surface area contributed by atoms with Gasteiger partial charge in [0.1, 0.15) is 11.0 Å². The Bertz CT molecular complexity index is 547. The van der Waals surface area contributed by atoms with Crippen molar-refractivity contribution in [2.24, 2.45) is 5.73 Å². The second-order valence-corrected chi connectivity index (χ2v) is 4.49. The van der Waals surface area contributed by atoms with Gasteiger partial charge in [-0.2, -0.15) is 5.26 Å². The third kappa shape index (κ3) is 2.75. The van der Waals surface area contributed by atoms with E-state index in [1.165, 1.54) is 18.3 Å². The third-order valence-electron chi connectivity index (χ3n) is 1.60. The van der Waals surface area contributed by atoms with Crippen LogP contribution in [0.3, 0.4) is 0 Å². The van der Waals surface area contributed by atoms with Crippen LogP contribution in [0.4, 0.5) is 0 Å². The van der Waals surface area contributed by atoms with Crippen molar-refractivity contribution in [1.82, 2.24) is 9.71 Å². The van der Waals surface area contributed by atoms with Crippen LogP contribution in [0.5, 0.6) is 0 Å².